The van der Waals surface area contributed by atoms with Gasteiger partial charge in [0.05, 0.1) is 17.6 Å². The fourth-order valence-electron chi connectivity index (χ4n) is 2.01. The standard InChI is InChI=1S/C16H26O4S/c1-3-4-5-6-7-8-15(17)13-20-21(18,19)16-11-9-14(2)10-12-16/h9-12,15,17H,3-8,13H2,1-2H3. The van der Waals surface area contributed by atoms with E-state index in [9.17, 15) is 13.5 Å². The van der Waals surface area contributed by atoms with Crippen LogP contribution in [0.25, 0.3) is 0 Å². The Labute approximate surface area is 128 Å². The van der Waals surface area contributed by atoms with E-state index in [2.05, 4.69) is 6.92 Å². The lowest BCUT2D eigenvalue weighted by atomic mass is 10.1. The van der Waals surface area contributed by atoms with E-state index < -0.39 is 16.2 Å². The molecule has 1 atom stereocenters. The Bertz CT molecular complexity index is 494. The molecule has 1 aromatic rings. The quantitative estimate of drug-likeness (QED) is 0.531. The van der Waals surface area contributed by atoms with Gasteiger partial charge in [-0.05, 0) is 25.5 Å². The van der Waals surface area contributed by atoms with Crippen molar-refractivity contribution in [2.75, 3.05) is 6.61 Å². The van der Waals surface area contributed by atoms with Crippen molar-refractivity contribution in [3.05, 3.63) is 29.8 Å². The van der Waals surface area contributed by atoms with E-state index in [1.807, 2.05) is 6.92 Å². The van der Waals surface area contributed by atoms with Crippen molar-refractivity contribution in [2.24, 2.45) is 0 Å². The highest BCUT2D eigenvalue weighted by atomic mass is 32.2. The monoisotopic (exact) mass is 314 g/mol. The fraction of sp³-hybridized carbons (Fsp3) is 0.625. The molecule has 5 heteroatoms. The second kappa shape index (κ2) is 9.18. The van der Waals surface area contributed by atoms with Crippen molar-refractivity contribution in [1.82, 2.24) is 0 Å². The largest absolute Gasteiger partial charge is 0.391 e. The summed E-state index contributed by atoms with van der Waals surface area (Å²) in [5.74, 6) is 0. The lowest BCUT2D eigenvalue weighted by Gasteiger charge is -2.11. The van der Waals surface area contributed by atoms with Gasteiger partial charge in [-0.15, -0.1) is 0 Å². The minimum absolute atomic E-state index is 0.128. The van der Waals surface area contributed by atoms with Gasteiger partial charge < -0.3 is 5.11 Å². The van der Waals surface area contributed by atoms with Crippen LogP contribution >= 0.6 is 0 Å². The molecular weight excluding hydrogens is 288 g/mol. The Kier molecular flexibility index (Phi) is 7.93. The minimum Gasteiger partial charge on any atom is -0.391 e. The molecular formula is C16H26O4S. The molecule has 1 unspecified atom stereocenters. The van der Waals surface area contributed by atoms with Gasteiger partial charge in [0.25, 0.3) is 10.1 Å². The predicted molar refractivity (Wildman–Crippen MR) is 83.7 cm³/mol. The lowest BCUT2D eigenvalue weighted by molar-refractivity contribution is 0.100. The van der Waals surface area contributed by atoms with Gasteiger partial charge in [0.1, 0.15) is 0 Å². The van der Waals surface area contributed by atoms with Crippen molar-refractivity contribution in [3.8, 4) is 0 Å². The molecule has 0 aliphatic carbocycles. The van der Waals surface area contributed by atoms with Crippen molar-refractivity contribution >= 4 is 10.1 Å². The minimum atomic E-state index is -3.77. The average Bonchev–Trinajstić information content (AvgIpc) is 2.45. The fourth-order valence-corrected chi connectivity index (χ4v) is 2.95. The highest BCUT2D eigenvalue weighted by molar-refractivity contribution is 7.86. The first-order valence-electron chi connectivity index (χ1n) is 7.60. The zero-order chi connectivity index (χ0) is 15.7. The van der Waals surface area contributed by atoms with Gasteiger partial charge in [-0.3, -0.25) is 4.18 Å². The van der Waals surface area contributed by atoms with Gasteiger partial charge in [-0.1, -0.05) is 56.7 Å². The van der Waals surface area contributed by atoms with Crippen LogP contribution in [-0.2, 0) is 14.3 Å². The van der Waals surface area contributed by atoms with Gasteiger partial charge >= 0.3 is 0 Å². The summed E-state index contributed by atoms with van der Waals surface area (Å²) in [6, 6.07) is 6.48. The summed E-state index contributed by atoms with van der Waals surface area (Å²) in [5.41, 5.74) is 0.987. The third kappa shape index (κ3) is 7.07. The topological polar surface area (TPSA) is 63.6 Å². The number of aliphatic hydroxyl groups excluding tert-OH is 1. The van der Waals surface area contributed by atoms with Crippen LogP contribution in [0.5, 0.6) is 0 Å². The normalized spacial score (nSPS) is 13.3. The first kappa shape index (κ1) is 18.1. The molecule has 1 N–H and O–H groups in total. The van der Waals surface area contributed by atoms with Gasteiger partial charge in [-0.25, -0.2) is 0 Å². The van der Waals surface area contributed by atoms with Crippen LogP contribution in [-0.4, -0.2) is 26.2 Å². The van der Waals surface area contributed by atoms with Gasteiger partial charge in [0.15, 0.2) is 0 Å². The summed E-state index contributed by atoms with van der Waals surface area (Å²) in [7, 11) is -3.77. The van der Waals surface area contributed by atoms with E-state index in [1.165, 1.54) is 25.0 Å². The van der Waals surface area contributed by atoms with Gasteiger partial charge in [0.2, 0.25) is 0 Å². The Balaban J connectivity index is 2.34. The number of hydrogen-bond donors (Lipinski definition) is 1. The summed E-state index contributed by atoms with van der Waals surface area (Å²) in [5, 5.41) is 9.77. The van der Waals surface area contributed by atoms with E-state index in [-0.39, 0.29) is 11.5 Å². The van der Waals surface area contributed by atoms with Crippen molar-refractivity contribution < 1.29 is 17.7 Å². The average molecular weight is 314 g/mol. The Hall–Kier alpha value is -0.910. The number of unbranched alkanes of at least 4 members (excludes halogenated alkanes) is 4. The van der Waals surface area contributed by atoms with Crippen LogP contribution < -0.4 is 0 Å². The van der Waals surface area contributed by atoms with Crippen molar-refractivity contribution in [1.29, 1.82) is 0 Å². The van der Waals surface area contributed by atoms with Crippen LogP contribution in [0.1, 0.15) is 51.0 Å². The SMILES string of the molecule is CCCCCCCC(O)COS(=O)(=O)c1ccc(C)cc1. The van der Waals surface area contributed by atoms with E-state index in [4.69, 9.17) is 4.18 Å². The molecule has 4 nitrogen and oxygen atoms in total. The molecule has 0 heterocycles. The third-order valence-corrected chi connectivity index (χ3v) is 4.66. The zero-order valence-electron chi connectivity index (χ0n) is 12.9. The number of aliphatic hydroxyl groups is 1. The first-order chi connectivity index (χ1) is 9.95. The molecule has 0 bridgehead atoms. The molecule has 0 radical (unpaired) electrons. The molecule has 0 aliphatic heterocycles. The van der Waals surface area contributed by atoms with Gasteiger partial charge in [-0.2, -0.15) is 8.42 Å². The van der Waals surface area contributed by atoms with E-state index in [0.717, 1.165) is 24.8 Å². The zero-order valence-corrected chi connectivity index (χ0v) is 13.7. The number of rotatable bonds is 10. The summed E-state index contributed by atoms with van der Waals surface area (Å²) in [6.07, 6.45) is 5.35. The van der Waals surface area contributed by atoms with Crippen LogP contribution in [0.3, 0.4) is 0 Å². The number of aryl methyl sites for hydroxylation is 1. The molecule has 0 saturated carbocycles. The Morgan fingerprint density at radius 3 is 2.33 bits per heavy atom. The van der Waals surface area contributed by atoms with Gasteiger partial charge in [0, 0.05) is 0 Å². The summed E-state index contributed by atoms with van der Waals surface area (Å²) < 4.78 is 28.8. The molecule has 120 valence electrons. The predicted octanol–water partition coefficient (Wildman–Crippen LogP) is 3.42. The highest BCUT2D eigenvalue weighted by Gasteiger charge is 2.17. The van der Waals surface area contributed by atoms with Crippen LogP contribution in [0.4, 0.5) is 0 Å². The summed E-state index contributed by atoms with van der Waals surface area (Å²) in [4.78, 5) is 0.128. The maximum absolute atomic E-state index is 11.9. The molecule has 0 aromatic heterocycles. The Morgan fingerprint density at radius 1 is 1.10 bits per heavy atom. The number of hydrogen-bond acceptors (Lipinski definition) is 4. The second-order valence-corrected chi connectivity index (χ2v) is 7.02. The summed E-state index contributed by atoms with van der Waals surface area (Å²) in [6.45, 7) is 3.86. The highest BCUT2D eigenvalue weighted by Crippen LogP contribution is 2.14. The molecule has 0 fully saturated rings. The van der Waals surface area contributed by atoms with Crippen molar-refractivity contribution in [2.45, 2.75) is 63.4 Å². The maximum atomic E-state index is 11.9. The van der Waals surface area contributed by atoms with Crippen molar-refractivity contribution in [3.63, 3.8) is 0 Å². The smallest absolute Gasteiger partial charge is 0.297 e. The Morgan fingerprint density at radius 2 is 1.71 bits per heavy atom. The molecule has 0 aliphatic rings. The molecule has 21 heavy (non-hydrogen) atoms. The van der Waals surface area contributed by atoms with Crippen LogP contribution in [0.15, 0.2) is 29.2 Å². The molecule has 1 aromatic carbocycles. The third-order valence-electron chi connectivity index (χ3n) is 3.37. The molecule has 0 spiro atoms. The lowest BCUT2D eigenvalue weighted by Crippen LogP contribution is -2.19. The van der Waals surface area contributed by atoms with E-state index in [0.29, 0.717) is 6.42 Å². The molecule has 0 amide bonds. The van der Waals surface area contributed by atoms with E-state index >= 15 is 0 Å². The molecule has 0 saturated heterocycles. The molecule has 1 rings (SSSR count). The van der Waals surface area contributed by atoms with Crippen LogP contribution in [0, 0.1) is 6.92 Å². The first-order valence-corrected chi connectivity index (χ1v) is 9.00. The number of benzene rings is 1. The summed E-state index contributed by atoms with van der Waals surface area (Å²) >= 11 is 0. The van der Waals surface area contributed by atoms with Crippen LogP contribution in [0.2, 0.25) is 0 Å². The second-order valence-electron chi connectivity index (χ2n) is 5.41. The van der Waals surface area contributed by atoms with E-state index in [1.54, 1.807) is 12.1 Å². The maximum Gasteiger partial charge on any atom is 0.297 e.